The van der Waals surface area contributed by atoms with Crippen LogP contribution in [0.15, 0.2) is 51.9 Å². The summed E-state index contributed by atoms with van der Waals surface area (Å²) in [5.41, 5.74) is 2.02. The molecule has 0 radical (unpaired) electrons. The molecule has 4 aromatic rings. The molecule has 5 rings (SSSR count). The van der Waals surface area contributed by atoms with E-state index in [1.54, 1.807) is 36.4 Å². The lowest BCUT2D eigenvalue weighted by molar-refractivity contribution is 0.102. The normalized spacial score (nSPS) is 12.8. The summed E-state index contributed by atoms with van der Waals surface area (Å²) < 4.78 is 17.6. The fraction of sp³-hybridized carbons (Fsp3) is 0.250. The number of hydrogen-bond acceptors (Lipinski definition) is 7. The van der Waals surface area contributed by atoms with Crippen molar-refractivity contribution in [3.63, 3.8) is 0 Å². The Kier molecular flexibility index (Phi) is 5.62. The van der Waals surface area contributed by atoms with Crippen LogP contribution in [0.1, 0.15) is 34.5 Å². The van der Waals surface area contributed by atoms with Gasteiger partial charge >= 0.3 is 0 Å². The van der Waals surface area contributed by atoms with E-state index in [1.807, 2.05) is 0 Å². The van der Waals surface area contributed by atoms with Crippen LogP contribution in [0, 0.1) is 0 Å². The van der Waals surface area contributed by atoms with Crippen LogP contribution in [0.4, 0.5) is 5.82 Å². The first-order valence-corrected chi connectivity index (χ1v) is 10.9. The van der Waals surface area contributed by atoms with Crippen LogP contribution in [0.3, 0.4) is 0 Å². The van der Waals surface area contributed by atoms with Gasteiger partial charge in [0.1, 0.15) is 11.5 Å². The van der Waals surface area contributed by atoms with Crippen LogP contribution in [0.2, 0.25) is 0 Å². The Hall–Kier alpha value is -4.34. The molecule has 2 N–H and O–H groups in total. The van der Waals surface area contributed by atoms with Crippen LogP contribution in [-0.2, 0) is 12.8 Å². The van der Waals surface area contributed by atoms with Crippen molar-refractivity contribution >= 4 is 11.7 Å². The monoisotopic (exact) mass is 461 g/mol. The number of rotatable bonds is 6. The van der Waals surface area contributed by atoms with Gasteiger partial charge in [-0.05, 0) is 49.9 Å². The van der Waals surface area contributed by atoms with Gasteiger partial charge in [-0.3, -0.25) is 14.6 Å². The van der Waals surface area contributed by atoms with Crippen molar-refractivity contribution in [1.82, 2.24) is 19.7 Å². The van der Waals surface area contributed by atoms with Crippen LogP contribution >= 0.6 is 0 Å². The highest BCUT2D eigenvalue weighted by molar-refractivity contribution is 6.06. The number of hydrogen-bond donors (Lipinski definition) is 2. The number of fused-ring (bicyclic) bond motifs is 1. The van der Waals surface area contributed by atoms with Gasteiger partial charge in [-0.15, -0.1) is 0 Å². The van der Waals surface area contributed by atoms with Gasteiger partial charge in [0, 0.05) is 11.6 Å². The quantitative estimate of drug-likeness (QED) is 0.451. The molecular formula is C24H23N5O5. The molecule has 0 fully saturated rings. The number of anilines is 1. The van der Waals surface area contributed by atoms with Gasteiger partial charge < -0.3 is 19.2 Å². The van der Waals surface area contributed by atoms with Gasteiger partial charge in [-0.1, -0.05) is 6.07 Å². The number of nitrogens with zero attached hydrogens (tertiary/aromatic N) is 3. The Labute approximate surface area is 194 Å². The number of nitrogens with one attached hydrogen (secondary N) is 2. The number of furan rings is 1. The SMILES string of the molecule is COc1cccc(C(=O)Nc2cc(-c3ccco3)nn2-c2nc3c(c(=O)[nH]2)CCCC3)c1OC. The summed E-state index contributed by atoms with van der Waals surface area (Å²) in [4.78, 5) is 33.4. The van der Waals surface area contributed by atoms with Gasteiger partial charge in [0.2, 0.25) is 5.95 Å². The Morgan fingerprint density at radius 1 is 1.15 bits per heavy atom. The standard InChI is InChI=1S/C24H23N5O5/c1-32-19-10-5-8-15(21(19)33-2)23(31)26-20-13-17(18-11-6-12-34-18)28-29(20)24-25-16-9-4-3-7-14(16)22(30)27-24/h5-6,8,10-13H,3-4,7,9H2,1-2H3,(H,26,31)(H,25,27,30). The van der Waals surface area contributed by atoms with Crippen molar-refractivity contribution in [3.05, 3.63) is 69.8 Å². The van der Waals surface area contributed by atoms with Crippen molar-refractivity contribution in [2.45, 2.75) is 25.7 Å². The fourth-order valence-corrected chi connectivity index (χ4v) is 4.12. The maximum Gasteiger partial charge on any atom is 0.260 e. The molecule has 1 aromatic carbocycles. The average molecular weight is 461 g/mol. The Bertz CT molecular complexity index is 1400. The van der Waals surface area contributed by atoms with Crippen molar-refractivity contribution in [2.75, 3.05) is 19.5 Å². The summed E-state index contributed by atoms with van der Waals surface area (Å²) in [6.45, 7) is 0. The minimum Gasteiger partial charge on any atom is -0.493 e. The zero-order valence-corrected chi connectivity index (χ0v) is 18.8. The van der Waals surface area contributed by atoms with Crippen LogP contribution in [0.5, 0.6) is 11.5 Å². The molecule has 0 saturated heterocycles. The van der Waals surface area contributed by atoms with E-state index in [0.717, 1.165) is 25.0 Å². The highest BCUT2D eigenvalue weighted by Gasteiger charge is 2.22. The molecule has 0 bridgehead atoms. The Balaban J connectivity index is 1.59. The van der Waals surface area contributed by atoms with Gasteiger partial charge in [-0.2, -0.15) is 9.78 Å². The number of carbonyl (C=O) groups is 1. The predicted molar refractivity (Wildman–Crippen MR) is 124 cm³/mol. The van der Waals surface area contributed by atoms with Crippen LogP contribution in [-0.4, -0.2) is 39.9 Å². The van der Waals surface area contributed by atoms with Crippen molar-refractivity contribution in [2.24, 2.45) is 0 Å². The summed E-state index contributed by atoms with van der Waals surface area (Å²) in [6, 6.07) is 10.2. The molecular weight excluding hydrogens is 438 g/mol. The molecule has 0 spiro atoms. The number of H-pyrrole nitrogens is 1. The second kappa shape index (κ2) is 8.89. The number of carbonyl (C=O) groups excluding carboxylic acids is 1. The molecule has 0 aliphatic heterocycles. The predicted octanol–water partition coefficient (Wildman–Crippen LogP) is 3.36. The second-order valence-corrected chi connectivity index (χ2v) is 7.82. The molecule has 174 valence electrons. The molecule has 10 nitrogen and oxygen atoms in total. The molecule has 1 amide bonds. The molecule has 1 aliphatic carbocycles. The minimum atomic E-state index is -0.441. The minimum absolute atomic E-state index is 0.193. The van der Waals surface area contributed by atoms with Gasteiger partial charge in [-0.25, -0.2) is 4.98 Å². The molecule has 34 heavy (non-hydrogen) atoms. The molecule has 10 heteroatoms. The van der Waals surface area contributed by atoms with E-state index in [2.05, 4.69) is 20.4 Å². The third-order valence-corrected chi connectivity index (χ3v) is 5.75. The number of amides is 1. The Morgan fingerprint density at radius 2 is 2.00 bits per heavy atom. The summed E-state index contributed by atoms with van der Waals surface area (Å²) in [6.07, 6.45) is 4.89. The molecule has 3 heterocycles. The van der Waals surface area contributed by atoms with Gasteiger partial charge in [0.15, 0.2) is 17.3 Å². The number of aromatic amines is 1. The number of ether oxygens (including phenoxy) is 2. The number of aryl methyl sites for hydroxylation is 1. The summed E-state index contributed by atoms with van der Waals surface area (Å²) in [5.74, 6) is 1.33. The second-order valence-electron chi connectivity index (χ2n) is 7.82. The van der Waals surface area contributed by atoms with Crippen LogP contribution < -0.4 is 20.3 Å². The van der Waals surface area contributed by atoms with Gasteiger partial charge in [0.05, 0.1) is 31.7 Å². The maximum absolute atomic E-state index is 13.2. The van der Waals surface area contributed by atoms with E-state index in [0.29, 0.717) is 40.8 Å². The molecule has 0 atom stereocenters. The Morgan fingerprint density at radius 3 is 2.76 bits per heavy atom. The highest BCUT2D eigenvalue weighted by Crippen LogP contribution is 2.32. The zero-order valence-electron chi connectivity index (χ0n) is 18.8. The topological polar surface area (TPSA) is 124 Å². The van der Waals surface area contributed by atoms with Crippen LogP contribution in [0.25, 0.3) is 17.4 Å². The summed E-state index contributed by atoms with van der Waals surface area (Å²) in [5, 5.41) is 7.41. The lowest BCUT2D eigenvalue weighted by atomic mass is 9.97. The largest absolute Gasteiger partial charge is 0.493 e. The first-order valence-electron chi connectivity index (χ1n) is 10.9. The first-order chi connectivity index (χ1) is 16.6. The molecule has 3 aromatic heterocycles. The van der Waals surface area contributed by atoms with Gasteiger partial charge in [0.25, 0.3) is 11.5 Å². The fourth-order valence-electron chi connectivity index (χ4n) is 4.12. The average Bonchev–Trinajstić information content (AvgIpc) is 3.53. The van der Waals surface area contributed by atoms with E-state index in [4.69, 9.17) is 13.9 Å². The van der Waals surface area contributed by atoms with E-state index < -0.39 is 5.91 Å². The molecule has 0 saturated carbocycles. The van der Waals surface area contributed by atoms with E-state index in [1.165, 1.54) is 25.2 Å². The molecule has 1 aliphatic rings. The van der Waals surface area contributed by atoms with E-state index in [-0.39, 0.29) is 17.1 Å². The number of para-hydroxylation sites is 1. The maximum atomic E-state index is 13.2. The smallest absolute Gasteiger partial charge is 0.260 e. The van der Waals surface area contributed by atoms with E-state index in [9.17, 15) is 9.59 Å². The third kappa shape index (κ3) is 3.83. The number of methoxy groups -OCH3 is 2. The lowest BCUT2D eigenvalue weighted by Crippen LogP contribution is -2.25. The number of benzene rings is 1. The van der Waals surface area contributed by atoms with Crippen molar-refractivity contribution in [3.8, 4) is 28.9 Å². The van der Waals surface area contributed by atoms with Crippen molar-refractivity contribution in [1.29, 1.82) is 0 Å². The first kappa shape index (κ1) is 21.5. The summed E-state index contributed by atoms with van der Waals surface area (Å²) in [7, 11) is 2.97. The zero-order chi connectivity index (χ0) is 23.7. The summed E-state index contributed by atoms with van der Waals surface area (Å²) >= 11 is 0. The van der Waals surface area contributed by atoms with Crippen molar-refractivity contribution < 1.29 is 18.7 Å². The number of aromatic nitrogens is 4. The highest BCUT2D eigenvalue weighted by atomic mass is 16.5. The lowest BCUT2D eigenvalue weighted by Gasteiger charge is -2.16. The molecule has 0 unspecified atom stereocenters. The van der Waals surface area contributed by atoms with E-state index >= 15 is 0 Å². The third-order valence-electron chi connectivity index (χ3n) is 5.75.